The van der Waals surface area contributed by atoms with Crippen LogP contribution in [0, 0.1) is 0 Å². The smallest absolute Gasteiger partial charge is 0.419 e. The van der Waals surface area contributed by atoms with E-state index in [9.17, 15) is 4.39 Å². The van der Waals surface area contributed by atoms with Gasteiger partial charge in [0, 0.05) is 65.5 Å². The highest BCUT2D eigenvalue weighted by atomic mass is 19.1. The lowest BCUT2D eigenvalue weighted by Crippen LogP contribution is -2.68. The van der Waals surface area contributed by atoms with Crippen LogP contribution >= 0.6 is 0 Å². The molecule has 3 rings (SSSR count). The van der Waals surface area contributed by atoms with Gasteiger partial charge in [0.1, 0.15) is 18.1 Å². The summed E-state index contributed by atoms with van der Waals surface area (Å²) in [5.74, 6) is -5.93. The normalized spacial score (nSPS) is 14.9. The lowest BCUT2D eigenvalue weighted by Gasteiger charge is -2.48. The number of hydrogen-bond donors (Lipinski definition) is 0. The summed E-state index contributed by atoms with van der Waals surface area (Å²) >= 11 is 0. The van der Waals surface area contributed by atoms with Crippen molar-refractivity contribution >= 4 is 11.3 Å². The van der Waals surface area contributed by atoms with Crippen molar-refractivity contribution in [2.75, 3.05) is 65.3 Å². The van der Waals surface area contributed by atoms with E-state index in [4.69, 9.17) is 42.9 Å². The molecule has 0 bridgehead atoms. The van der Waals surface area contributed by atoms with Gasteiger partial charge in [0.2, 0.25) is 0 Å². The maximum Gasteiger partial charge on any atom is 0.419 e. The van der Waals surface area contributed by atoms with Crippen molar-refractivity contribution in [3.05, 3.63) is 48.8 Å². The summed E-state index contributed by atoms with van der Waals surface area (Å²) in [6.45, 7) is 9.89. The predicted octanol–water partition coefficient (Wildman–Crippen LogP) is 5.61. The molecular weight excluding hydrogens is 561 g/mol. The minimum Gasteiger partial charge on any atom is -0.432 e. The van der Waals surface area contributed by atoms with E-state index in [-0.39, 0.29) is 39.6 Å². The van der Waals surface area contributed by atoms with Crippen LogP contribution in [-0.2, 0) is 33.2 Å². The van der Waals surface area contributed by atoms with E-state index in [0.717, 1.165) is 11.3 Å². The van der Waals surface area contributed by atoms with E-state index in [2.05, 4.69) is 0 Å². The Morgan fingerprint density at radius 3 is 1.98 bits per heavy atom. The number of alkyl halides is 1. The minimum atomic E-state index is -2.30. The van der Waals surface area contributed by atoms with E-state index in [1.165, 1.54) is 6.92 Å². The van der Waals surface area contributed by atoms with E-state index >= 15 is 0 Å². The van der Waals surface area contributed by atoms with Gasteiger partial charge in [-0.05, 0) is 58.9 Å². The molecule has 0 aliphatic carbocycles. The van der Waals surface area contributed by atoms with Crippen molar-refractivity contribution in [2.45, 2.75) is 59.5 Å². The Morgan fingerprint density at radius 2 is 1.42 bits per heavy atom. The maximum absolute atomic E-state index is 13.4. The van der Waals surface area contributed by atoms with E-state index in [1.807, 2.05) is 66.1 Å². The molecule has 2 heterocycles. The van der Waals surface area contributed by atoms with Crippen LogP contribution in [-0.4, -0.2) is 87.7 Å². The molecule has 0 saturated heterocycles. The average molecular weight is 608 g/mol. The summed E-state index contributed by atoms with van der Waals surface area (Å²) in [5.41, 5.74) is 2.83. The molecule has 0 N–H and O–H groups in total. The first kappa shape index (κ1) is 34.6. The SMILES string of the molecule is CCOC(C)(OCCF)OC(OCC)(Oc1cccc(N(C)C)c1-c1cn2ccccc2n1)C(OCC)(OCC)OCC. The van der Waals surface area contributed by atoms with Gasteiger partial charge in [-0.25, -0.2) is 9.37 Å². The fraction of sp³-hybridized carbons (Fsp3) is 0.581. The van der Waals surface area contributed by atoms with E-state index in [0.29, 0.717) is 17.0 Å². The number of ether oxygens (including phenoxy) is 8. The summed E-state index contributed by atoms with van der Waals surface area (Å²) in [6, 6.07) is 11.3. The molecule has 2 unspecified atom stereocenters. The van der Waals surface area contributed by atoms with Gasteiger partial charge in [-0.3, -0.25) is 4.74 Å². The van der Waals surface area contributed by atoms with Gasteiger partial charge in [0.05, 0.1) is 24.5 Å². The number of anilines is 1. The summed E-state index contributed by atoms with van der Waals surface area (Å²) in [4.78, 5) is 6.82. The van der Waals surface area contributed by atoms with Crippen molar-refractivity contribution in [3.8, 4) is 17.0 Å². The summed E-state index contributed by atoms with van der Waals surface area (Å²) < 4.78 is 65.0. The first-order valence-corrected chi connectivity index (χ1v) is 14.7. The van der Waals surface area contributed by atoms with Gasteiger partial charge in [-0.1, -0.05) is 12.1 Å². The fourth-order valence-corrected chi connectivity index (χ4v) is 4.71. The molecule has 0 aliphatic heterocycles. The third-order valence-corrected chi connectivity index (χ3v) is 6.23. The Kier molecular flexibility index (Phi) is 12.7. The number of benzene rings is 1. The molecule has 43 heavy (non-hydrogen) atoms. The number of aromatic nitrogens is 2. The van der Waals surface area contributed by atoms with Crippen molar-refractivity contribution in [1.29, 1.82) is 0 Å². The van der Waals surface area contributed by atoms with Crippen LogP contribution in [0.2, 0.25) is 0 Å². The number of halogens is 1. The Labute approximate surface area is 253 Å². The lowest BCUT2D eigenvalue weighted by atomic mass is 10.1. The Hall–Kier alpha value is -2.84. The number of pyridine rings is 1. The van der Waals surface area contributed by atoms with Crippen LogP contribution in [0.3, 0.4) is 0 Å². The second-order valence-corrected chi connectivity index (χ2v) is 9.52. The van der Waals surface area contributed by atoms with Crippen LogP contribution in [0.25, 0.3) is 16.9 Å². The Morgan fingerprint density at radius 1 is 0.791 bits per heavy atom. The molecule has 12 heteroatoms. The van der Waals surface area contributed by atoms with Gasteiger partial charge in [-0.2, -0.15) is 0 Å². The molecule has 0 radical (unpaired) electrons. The van der Waals surface area contributed by atoms with Gasteiger partial charge in [0.25, 0.3) is 5.97 Å². The second-order valence-electron chi connectivity index (χ2n) is 9.52. The third kappa shape index (κ3) is 7.82. The van der Waals surface area contributed by atoms with Gasteiger partial charge >= 0.3 is 11.9 Å². The topological polar surface area (TPSA) is 94.4 Å². The Balaban J connectivity index is 2.35. The molecule has 0 spiro atoms. The van der Waals surface area contributed by atoms with Gasteiger partial charge < -0.3 is 42.5 Å². The summed E-state index contributed by atoms with van der Waals surface area (Å²) in [6.07, 6.45) is 3.82. The van der Waals surface area contributed by atoms with Crippen molar-refractivity contribution in [1.82, 2.24) is 9.38 Å². The molecule has 240 valence electrons. The highest BCUT2D eigenvalue weighted by molar-refractivity contribution is 5.82. The number of nitrogens with zero attached hydrogens (tertiary/aromatic N) is 3. The summed E-state index contributed by atoms with van der Waals surface area (Å²) in [7, 11) is 3.85. The first-order chi connectivity index (χ1) is 20.7. The maximum atomic E-state index is 13.4. The summed E-state index contributed by atoms with van der Waals surface area (Å²) in [5, 5.41) is 0. The molecule has 0 saturated carbocycles. The average Bonchev–Trinajstić information content (AvgIpc) is 3.40. The molecule has 2 atom stereocenters. The van der Waals surface area contributed by atoms with Gasteiger partial charge in [-0.15, -0.1) is 0 Å². The molecule has 11 nitrogen and oxygen atoms in total. The standard InChI is InChI=1S/C31H46FN3O8/c1-9-36-29(6,41-22-20-32)43-31(40-13-5,30(37-10-2,38-11-3)39-12-4)42-26-18-16-17-25(34(7)8)28(26)24-23-35-21-15-14-19-27(35)33-24/h14-19,21,23H,9-13,20,22H2,1-8H3. The molecule has 0 amide bonds. The Bertz CT molecular complexity index is 1220. The monoisotopic (exact) mass is 607 g/mol. The zero-order valence-electron chi connectivity index (χ0n) is 26.6. The minimum absolute atomic E-state index is 0.0668. The predicted molar refractivity (Wildman–Crippen MR) is 161 cm³/mol. The zero-order chi connectivity index (χ0) is 31.5. The van der Waals surface area contributed by atoms with Gasteiger partial charge in [0.15, 0.2) is 0 Å². The number of rotatable bonds is 20. The highest BCUT2D eigenvalue weighted by Crippen LogP contribution is 2.45. The third-order valence-electron chi connectivity index (χ3n) is 6.23. The second kappa shape index (κ2) is 15.8. The van der Waals surface area contributed by atoms with E-state index in [1.54, 1.807) is 40.7 Å². The molecule has 2 aromatic heterocycles. The molecular formula is C31H46FN3O8. The fourth-order valence-electron chi connectivity index (χ4n) is 4.71. The van der Waals surface area contributed by atoms with E-state index < -0.39 is 24.6 Å². The van der Waals surface area contributed by atoms with Crippen LogP contribution in [0.5, 0.6) is 5.75 Å². The molecule has 0 aliphatic rings. The largest absolute Gasteiger partial charge is 0.432 e. The molecule has 3 aromatic rings. The van der Waals surface area contributed by atoms with Crippen molar-refractivity contribution in [3.63, 3.8) is 0 Å². The van der Waals surface area contributed by atoms with Crippen LogP contribution in [0.15, 0.2) is 48.8 Å². The quantitative estimate of drug-likeness (QED) is 0.151. The van der Waals surface area contributed by atoms with Crippen molar-refractivity contribution in [2.24, 2.45) is 0 Å². The molecule has 1 aromatic carbocycles. The van der Waals surface area contributed by atoms with Crippen LogP contribution < -0.4 is 9.64 Å². The first-order valence-electron chi connectivity index (χ1n) is 14.7. The zero-order valence-corrected chi connectivity index (χ0v) is 26.6. The lowest BCUT2D eigenvalue weighted by molar-refractivity contribution is -0.586. The number of hydrogen-bond acceptors (Lipinski definition) is 10. The highest BCUT2D eigenvalue weighted by Gasteiger charge is 2.65. The molecule has 0 fully saturated rings. The number of imidazole rings is 1. The van der Waals surface area contributed by atoms with Crippen molar-refractivity contribution < 1.29 is 42.3 Å². The van der Waals surface area contributed by atoms with Crippen LogP contribution in [0.1, 0.15) is 41.5 Å². The number of fused-ring (bicyclic) bond motifs is 1. The van der Waals surface area contributed by atoms with Crippen LogP contribution in [0.4, 0.5) is 10.1 Å².